The fraction of sp³-hybridized carbons (Fsp3) is 0.462. The lowest BCUT2D eigenvalue weighted by atomic mass is 10.1. The average Bonchev–Trinajstić information content (AvgIpc) is 3.15. The van der Waals surface area contributed by atoms with Gasteiger partial charge in [-0.25, -0.2) is 4.68 Å². The van der Waals surface area contributed by atoms with Crippen LogP contribution in [0.5, 0.6) is 0 Å². The molecule has 0 bridgehead atoms. The van der Waals surface area contributed by atoms with Gasteiger partial charge >= 0.3 is 0 Å². The van der Waals surface area contributed by atoms with Crippen molar-refractivity contribution in [3.63, 3.8) is 0 Å². The third-order valence-electron chi connectivity index (χ3n) is 3.24. The molecule has 2 atom stereocenters. The summed E-state index contributed by atoms with van der Waals surface area (Å²) < 4.78 is 1.91. The summed E-state index contributed by atoms with van der Waals surface area (Å²) in [6.07, 6.45) is 2.30. The molecule has 2 N–H and O–H groups in total. The van der Waals surface area contributed by atoms with Crippen molar-refractivity contribution in [2.45, 2.75) is 42.3 Å². The number of halogens is 1. The number of aromatic nitrogens is 4. The van der Waals surface area contributed by atoms with Crippen LogP contribution in [0.4, 0.5) is 0 Å². The Labute approximate surface area is 126 Å². The minimum atomic E-state index is -0.0252. The molecule has 106 valence electrons. The van der Waals surface area contributed by atoms with Crippen molar-refractivity contribution in [3.8, 4) is 0 Å². The van der Waals surface area contributed by atoms with E-state index in [2.05, 4.69) is 15.5 Å². The summed E-state index contributed by atoms with van der Waals surface area (Å²) >= 11 is 7.68. The zero-order valence-electron chi connectivity index (χ0n) is 11.1. The first-order chi connectivity index (χ1) is 9.65. The molecule has 1 saturated carbocycles. The Morgan fingerprint density at radius 2 is 2.25 bits per heavy atom. The summed E-state index contributed by atoms with van der Waals surface area (Å²) in [6, 6.07) is 8.23. The summed E-state index contributed by atoms with van der Waals surface area (Å²) in [4.78, 5) is 0. The highest BCUT2D eigenvalue weighted by Gasteiger charge is 2.30. The van der Waals surface area contributed by atoms with Crippen LogP contribution < -0.4 is 5.73 Å². The van der Waals surface area contributed by atoms with Gasteiger partial charge in [0.15, 0.2) is 0 Å². The highest BCUT2D eigenvalue weighted by atomic mass is 35.5. The zero-order chi connectivity index (χ0) is 14.1. The molecule has 20 heavy (non-hydrogen) atoms. The lowest BCUT2D eigenvalue weighted by molar-refractivity contribution is 0.563. The Morgan fingerprint density at radius 3 is 2.90 bits per heavy atom. The smallest absolute Gasteiger partial charge is 0.210 e. The Morgan fingerprint density at radius 1 is 1.45 bits per heavy atom. The topological polar surface area (TPSA) is 69.6 Å². The SMILES string of the molecule is CC(N)C(Sc1nnnn1C1CC1)c1cccc(Cl)c1. The summed E-state index contributed by atoms with van der Waals surface area (Å²) in [5.41, 5.74) is 7.24. The third-order valence-corrected chi connectivity index (χ3v) is 4.91. The predicted octanol–water partition coefficient (Wildman–Crippen LogP) is 2.84. The van der Waals surface area contributed by atoms with E-state index >= 15 is 0 Å². The second-order valence-corrected chi connectivity index (χ2v) is 6.63. The maximum atomic E-state index is 6.14. The Bertz CT molecular complexity index is 596. The van der Waals surface area contributed by atoms with Gasteiger partial charge in [-0.05, 0) is 47.9 Å². The van der Waals surface area contributed by atoms with Gasteiger partial charge in [0.05, 0.1) is 11.3 Å². The van der Waals surface area contributed by atoms with Gasteiger partial charge < -0.3 is 5.73 Å². The maximum Gasteiger partial charge on any atom is 0.210 e. The van der Waals surface area contributed by atoms with Gasteiger partial charge in [0, 0.05) is 11.1 Å². The number of tetrazole rings is 1. The van der Waals surface area contributed by atoms with Crippen molar-refractivity contribution < 1.29 is 0 Å². The second kappa shape index (κ2) is 5.71. The van der Waals surface area contributed by atoms with Crippen LogP contribution in [0.3, 0.4) is 0 Å². The molecule has 0 aliphatic heterocycles. The van der Waals surface area contributed by atoms with Crippen molar-refractivity contribution in [3.05, 3.63) is 34.9 Å². The van der Waals surface area contributed by atoms with Crippen LogP contribution in [-0.2, 0) is 0 Å². The third kappa shape index (κ3) is 2.97. The molecular weight excluding hydrogens is 294 g/mol. The first-order valence-corrected chi connectivity index (χ1v) is 7.86. The molecule has 1 aromatic carbocycles. The second-order valence-electron chi connectivity index (χ2n) is 5.09. The predicted molar refractivity (Wildman–Crippen MR) is 79.8 cm³/mol. The first-order valence-electron chi connectivity index (χ1n) is 6.60. The highest BCUT2D eigenvalue weighted by molar-refractivity contribution is 7.99. The van der Waals surface area contributed by atoms with Crippen LogP contribution in [0.25, 0.3) is 0 Å². The van der Waals surface area contributed by atoms with E-state index in [-0.39, 0.29) is 11.3 Å². The van der Waals surface area contributed by atoms with Crippen LogP contribution in [-0.4, -0.2) is 26.2 Å². The number of rotatable bonds is 5. The number of hydrogen-bond donors (Lipinski definition) is 1. The fourth-order valence-corrected chi connectivity index (χ4v) is 3.39. The number of benzene rings is 1. The van der Waals surface area contributed by atoms with Gasteiger partial charge in [0.25, 0.3) is 0 Å². The van der Waals surface area contributed by atoms with Crippen LogP contribution in [0.2, 0.25) is 5.02 Å². The molecule has 1 heterocycles. The fourth-order valence-electron chi connectivity index (χ4n) is 2.09. The normalized spacial score (nSPS) is 17.9. The molecule has 1 fully saturated rings. The summed E-state index contributed by atoms with van der Waals surface area (Å²) in [7, 11) is 0. The van der Waals surface area contributed by atoms with Crippen molar-refractivity contribution in [2.75, 3.05) is 0 Å². The summed E-state index contributed by atoms with van der Waals surface area (Å²) in [5.74, 6) is 0. The zero-order valence-corrected chi connectivity index (χ0v) is 12.7. The molecule has 1 aliphatic rings. The number of nitrogens with zero attached hydrogens (tertiary/aromatic N) is 4. The van der Waals surface area contributed by atoms with Crippen molar-refractivity contribution in [2.24, 2.45) is 5.73 Å². The van der Waals surface area contributed by atoms with E-state index in [0.29, 0.717) is 6.04 Å². The molecule has 0 amide bonds. The average molecular weight is 310 g/mol. The van der Waals surface area contributed by atoms with E-state index in [0.717, 1.165) is 28.6 Å². The van der Waals surface area contributed by atoms with Gasteiger partial charge in [-0.15, -0.1) is 5.10 Å². The molecule has 1 aliphatic carbocycles. The van der Waals surface area contributed by atoms with Gasteiger partial charge in [0.2, 0.25) is 5.16 Å². The molecule has 0 spiro atoms. The summed E-state index contributed by atoms with van der Waals surface area (Å²) in [6.45, 7) is 1.99. The molecular formula is C13H16ClN5S. The molecule has 0 saturated heterocycles. The monoisotopic (exact) mass is 309 g/mol. The van der Waals surface area contributed by atoms with Gasteiger partial charge in [0.1, 0.15) is 0 Å². The van der Waals surface area contributed by atoms with E-state index in [9.17, 15) is 0 Å². The van der Waals surface area contributed by atoms with Crippen molar-refractivity contribution >= 4 is 23.4 Å². The Hall–Kier alpha value is -1.11. The van der Waals surface area contributed by atoms with E-state index in [1.54, 1.807) is 11.8 Å². The standard InChI is InChI=1S/C13H16ClN5S/c1-8(15)12(9-3-2-4-10(14)7-9)20-13-16-17-18-19(13)11-5-6-11/h2-4,7-8,11-12H,5-6,15H2,1H3. The summed E-state index contributed by atoms with van der Waals surface area (Å²) in [5, 5.41) is 13.6. The molecule has 0 radical (unpaired) electrons. The van der Waals surface area contributed by atoms with Gasteiger partial charge in [-0.2, -0.15) is 0 Å². The van der Waals surface area contributed by atoms with Gasteiger partial charge in [-0.3, -0.25) is 0 Å². The minimum absolute atomic E-state index is 0.0252. The quantitative estimate of drug-likeness (QED) is 0.860. The largest absolute Gasteiger partial charge is 0.327 e. The molecule has 3 rings (SSSR count). The van der Waals surface area contributed by atoms with E-state index < -0.39 is 0 Å². The van der Waals surface area contributed by atoms with Crippen molar-refractivity contribution in [1.82, 2.24) is 20.2 Å². The van der Waals surface area contributed by atoms with Crippen LogP contribution in [0.15, 0.2) is 29.4 Å². The Kier molecular flexibility index (Phi) is 3.96. The van der Waals surface area contributed by atoms with E-state index in [4.69, 9.17) is 17.3 Å². The van der Waals surface area contributed by atoms with E-state index in [1.165, 1.54) is 0 Å². The van der Waals surface area contributed by atoms with Crippen LogP contribution >= 0.6 is 23.4 Å². The molecule has 5 nitrogen and oxygen atoms in total. The lowest BCUT2D eigenvalue weighted by Crippen LogP contribution is -2.23. The molecule has 2 aromatic rings. The first kappa shape index (κ1) is 13.9. The highest BCUT2D eigenvalue weighted by Crippen LogP contribution is 2.41. The molecule has 7 heteroatoms. The lowest BCUT2D eigenvalue weighted by Gasteiger charge is -2.20. The maximum absolute atomic E-state index is 6.14. The van der Waals surface area contributed by atoms with E-state index in [1.807, 2.05) is 35.9 Å². The molecule has 1 aromatic heterocycles. The van der Waals surface area contributed by atoms with Gasteiger partial charge in [-0.1, -0.05) is 35.5 Å². The van der Waals surface area contributed by atoms with Crippen LogP contribution in [0, 0.1) is 0 Å². The Balaban J connectivity index is 1.86. The number of nitrogens with two attached hydrogens (primary N) is 1. The van der Waals surface area contributed by atoms with Crippen LogP contribution in [0.1, 0.15) is 36.6 Å². The number of hydrogen-bond acceptors (Lipinski definition) is 5. The van der Waals surface area contributed by atoms with Crippen molar-refractivity contribution in [1.29, 1.82) is 0 Å². The molecule has 2 unspecified atom stereocenters. The number of thioether (sulfide) groups is 1. The minimum Gasteiger partial charge on any atom is -0.327 e.